The number of hydrogen-bond donors (Lipinski definition) is 0. The third kappa shape index (κ3) is 2.03. The van der Waals surface area contributed by atoms with Crippen LogP contribution in [0.2, 0.25) is 0 Å². The molecule has 0 aliphatic carbocycles. The second kappa shape index (κ2) is 4.35. The first-order valence-corrected chi connectivity index (χ1v) is 6.22. The number of hydrogen-bond acceptors (Lipinski definition) is 2. The van der Waals surface area contributed by atoms with Crippen molar-refractivity contribution in [3.63, 3.8) is 0 Å². The lowest BCUT2D eigenvalue weighted by Crippen LogP contribution is -2.05. The first-order chi connectivity index (χ1) is 9.15. The zero-order valence-corrected chi connectivity index (χ0v) is 10.9. The van der Waals surface area contributed by atoms with Gasteiger partial charge in [0, 0.05) is 6.92 Å². The van der Waals surface area contributed by atoms with Crippen molar-refractivity contribution in [3.05, 3.63) is 59.9 Å². The number of aryl methyl sites for hydroxylation is 1. The van der Waals surface area contributed by atoms with E-state index in [0.29, 0.717) is 5.69 Å². The van der Waals surface area contributed by atoms with Crippen molar-refractivity contribution in [2.75, 3.05) is 0 Å². The topological polar surface area (TPSA) is 34.9 Å². The molecule has 0 fully saturated rings. The Morgan fingerprint density at radius 2 is 1.79 bits per heavy atom. The van der Waals surface area contributed by atoms with Gasteiger partial charge in [-0.2, -0.15) is 5.10 Å². The number of ketones is 1. The number of fused-ring (bicyclic) bond motifs is 1. The monoisotopic (exact) mass is 250 g/mol. The smallest absolute Gasteiger partial charge is 0.178 e. The molecule has 0 saturated carbocycles. The lowest BCUT2D eigenvalue weighted by molar-refractivity contribution is 0.101. The number of benzene rings is 2. The van der Waals surface area contributed by atoms with Crippen molar-refractivity contribution < 1.29 is 4.79 Å². The van der Waals surface area contributed by atoms with Crippen LogP contribution in [0.4, 0.5) is 0 Å². The average Bonchev–Trinajstić information content (AvgIpc) is 2.80. The standard InChI is InChI=1S/C16H14N2O/c1-11-9-16(12(2)19)18(17-11)15-8-7-13-5-3-4-6-14(13)10-15/h3-10H,1-2H3. The summed E-state index contributed by atoms with van der Waals surface area (Å²) in [5.74, 6) is 0.0220. The molecule has 1 heterocycles. The Morgan fingerprint density at radius 3 is 2.53 bits per heavy atom. The summed E-state index contributed by atoms with van der Waals surface area (Å²) in [4.78, 5) is 11.7. The summed E-state index contributed by atoms with van der Waals surface area (Å²) < 4.78 is 1.71. The molecule has 3 rings (SSSR count). The van der Waals surface area contributed by atoms with E-state index < -0.39 is 0 Å². The maximum Gasteiger partial charge on any atom is 0.178 e. The molecular formula is C16H14N2O. The van der Waals surface area contributed by atoms with Gasteiger partial charge in [0.15, 0.2) is 5.78 Å². The second-order valence-corrected chi connectivity index (χ2v) is 4.67. The minimum absolute atomic E-state index is 0.0220. The van der Waals surface area contributed by atoms with Gasteiger partial charge in [0.1, 0.15) is 5.69 Å². The average molecular weight is 250 g/mol. The maximum absolute atomic E-state index is 11.7. The van der Waals surface area contributed by atoms with Crippen molar-refractivity contribution in [1.82, 2.24) is 9.78 Å². The van der Waals surface area contributed by atoms with Gasteiger partial charge in [0.2, 0.25) is 0 Å². The van der Waals surface area contributed by atoms with Crippen molar-refractivity contribution in [2.45, 2.75) is 13.8 Å². The van der Waals surface area contributed by atoms with E-state index in [2.05, 4.69) is 17.2 Å². The Morgan fingerprint density at radius 1 is 1.05 bits per heavy atom. The Hall–Kier alpha value is -2.42. The van der Waals surface area contributed by atoms with E-state index in [1.165, 1.54) is 5.39 Å². The highest BCUT2D eigenvalue weighted by Gasteiger charge is 2.11. The Bertz CT molecular complexity index is 771. The van der Waals surface area contributed by atoms with Gasteiger partial charge in [-0.15, -0.1) is 0 Å². The number of rotatable bonds is 2. The van der Waals surface area contributed by atoms with Gasteiger partial charge in [-0.1, -0.05) is 30.3 Å². The predicted molar refractivity (Wildman–Crippen MR) is 75.8 cm³/mol. The molecule has 0 unspecified atom stereocenters. The molecule has 19 heavy (non-hydrogen) atoms. The van der Waals surface area contributed by atoms with Crippen LogP contribution in [0.5, 0.6) is 0 Å². The summed E-state index contributed by atoms with van der Waals surface area (Å²) in [7, 11) is 0. The van der Waals surface area contributed by atoms with Gasteiger partial charge in [-0.3, -0.25) is 4.79 Å². The number of carbonyl (C=O) groups is 1. The van der Waals surface area contributed by atoms with Crippen LogP contribution in [0.15, 0.2) is 48.5 Å². The predicted octanol–water partition coefficient (Wildman–Crippen LogP) is 3.54. The van der Waals surface area contributed by atoms with Crippen LogP contribution in [0.3, 0.4) is 0 Å². The molecule has 0 radical (unpaired) electrons. The van der Waals surface area contributed by atoms with Gasteiger partial charge in [0.05, 0.1) is 11.4 Å². The molecule has 1 aromatic heterocycles. The van der Waals surface area contributed by atoms with Gasteiger partial charge in [0.25, 0.3) is 0 Å². The Labute approximate surface area is 111 Å². The van der Waals surface area contributed by atoms with Crippen LogP contribution in [0.25, 0.3) is 16.5 Å². The van der Waals surface area contributed by atoms with Crippen molar-refractivity contribution in [3.8, 4) is 5.69 Å². The minimum Gasteiger partial charge on any atom is -0.293 e. The lowest BCUT2D eigenvalue weighted by Gasteiger charge is -2.06. The molecule has 3 aromatic rings. The molecule has 0 saturated heterocycles. The van der Waals surface area contributed by atoms with Crippen LogP contribution < -0.4 is 0 Å². The van der Waals surface area contributed by atoms with Gasteiger partial charge < -0.3 is 0 Å². The molecular weight excluding hydrogens is 236 g/mol. The highest BCUT2D eigenvalue weighted by Crippen LogP contribution is 2.20. The highest BCUT2D eigenvalue weighted by atomic mass is 16.1. The lowest BCUT2D eigenvalue weighted by atomic mass is 10.1. The summed E-state index contributed by atoms with van der Waals surface area (Å²) in [6.07, 6.45) is 0. The van der Waals surface area contributed by atoms with Gasteiger partial charge in [-0.05, 0) is 35.9 Å². The first kappa shape index (κ1) is 11.7. The molecule has 2 aromatic carbocycles. The molecule has 0 aliphatic heterocycles. The van der Waals surface area contributed by atoms with Crippen molar-refractivity contribution >= 4 is 16.6 Å². The maximum atomic E-state index is 11.7. The van der Waals surface area contributed by atoms with E-state index in [1.54, 1.807) is 11.6 Å². The quantitative estimate of drug-likeness (QED) is 0.652. The number of Topliss-reactive ketones (excluding diaryl/α,β-unsaturated/α-hetero) is 1. The van der Waals surface area contributed by atoms with E-state index in [4.69, 9.17) is 0 Å². The molecule has 0 amide bonds. The third-order valence-electron chi connectivity index (χ3n) is 3.17. The second-order valence-electron chi connectivity index (χ2n) is 4.67. The zero-order valence-electron chi connectivity index (χ0n) is 10.9. The molecule has 0 bridgehead atoms. The van der Waals surface area contributed by atoms with Crippen LogP contribution in [0, 0.1) is 6.92 Å². The number of nitrogens with zero attached hydrogens (tertiary/aromatic N) is 2. The van der Waals surface area contributed by atoms with E-state index in [1.807, 2.05) is 43.3 Å². The third-order valence-corrected chi connectivity index (χ3v) is 3.17. The number of aromatic nitrogens is 2. The molecule has 0 atom stereocenters. The molecule has 3 nitrogen and oxygen atoms in total. The van der Waals surface area contributed by atoms with E-state index in [0.717, 1.165) is 16.8 Å². The van der Waals surface area contributed by atoms with Crippen molar-refractivity contribution in [2.24, 2.45) is 0 Å². The van der Waals surface area contributed by atoms with Crippen molar-refractivity contribution in [1.29, 1.82) is 0 Å². The summed E-state index contributed by atoms with van der Waals surface area (Å²) in [6.45, 7) is 3.46. The van der Waals surface area contributed by atoms with Crippen LogP contribution >= 0.6 is 0 Å². The minimum atomic E-state index is 0.0220. The van der Waals surface area contributed by atoms with Crippen LogP contribution in [-0.4, -0.2) is 15.6 Å². The summed E-state index contributed by atoms with van der Waals surface area (Å²) in [6, 6.07) is 16.0. The molecule has 0 aliphatic rings. The van der Waals surface area contributed by atoms with Crippen LogP contribution in [0.1, 0.15) is 23.1 Å². The fraction of sp³-hybridized carbons (Fsp3) is 0.125. The largest absolute Gasteiger partial charge is 0.293 e. The fourth-order valence-corrected chi connectivity index (χ4v) is 2.26. The van der Waals surface area contributed by atoms with E-state index in [9.17, 15) is 4.79 Å². The van der Waals surface area contributed by atoms with Gasteiger partial charge >= 0.3 is 0 Å². The van der Waals surface area contributed by atoms with Gasteiger partial charge in [-0.25, -0.2) is 4.68 Å². The molecule has 94 valence electrons. The molecule has 3 heteroatoms. The molecule has 0 N–H and O–H groups in total. The fourth-order valence-electron chi connectivity index (χ4n) is 2.26. The Balaban J connectivity index is 2.21. The summed E-state index contributed by atoms with van der Waals surface area (Å²) in [5, 5.41) is 6.73. The summed E-state index contributed by atoms with van der Waals surface area (Å²) >= 11 is 0. The SMILES string of the molecule is CC(=O)c1cc(C)nn1-c1ccc2ccccc2c1. The van der Waals surface area contributed by atoms with E-state index >= 15 is 0 Å². The highest BCUT2D eigenvalue weighted by molar-refractivity contribution is 5.93. The first-order valence-electron chi connectivity index (χ1n) is 6.22. The zero-order chi connectivity index (χ0) is 13.4. The Kier molecular flexibility index (Phi) is 2.67. The normalized spacial score (nSPS) is 10.8. The molecule has 0 spiro atoms. The summed E-state index contributed by atoms with van der Waals surface area (Å²) in [5.41, 5.74) is 2.38. The van der Waals surface area contributed by atoms with Crippen LogP contribution in [-0.2, 0) is 0 Å². The number of carbonyl (C=O) groups excluding carboxylic acids is 1. The van der Waals surface area contributed by atoms with E-state index in [-0.39, 0.29) is 5.78 Å².